The van der Waals surface area contributed by atoms with Gasteiger partial charge >= 0.3 is 0 Å². The van der Waals surface area contributed by atoms with Gasteiger partial charge in [0.25, 0.3) is 5.91 Å². The Kier molecular flexibility index (Phi) is 8.38. The molecule has 5 heteroatoms. The summed E-state index contributed by atoms with van der Waals surface area (Å²) < 4.78 is 6.76. The fourth-order valence-corrected chi connectivity index (χ4v) is 2.20. The normalized spacial score (nSPS) is 12.0. The molecular weight excluding hydrogens is 332 g/mol. The lowest BCUT2D eigenvalue weighted by molar-refractivity contribution is -0.127. The fourth-order valence-electron chi connectivity index (χ4n) is 1.81. The van der Waals surface area contributed by atoms with Gasteiger partial charge < -0.3 is 15.4 Å². The Balaban J connectivity index is 2.62. The molecule has 4 nitrogen and oxygen atoms in total. The van der Waals surface area contributed by atoms with Crippen LogP contribution in [0.3, 0.4) is 0 Å². The summed E-state index contributed by atoms with van der Waals surface area (Å²) in [7, 11) is 0. The molecular formula is C16H25BrN2O2. The van der Waals surface area contributed by atoms with Crippen molar-refractivity contribution in [3.05, 3.63) is 28.2 Å². The molecule has 1 atom stereocenters. The molecule has 0 spiro atoms. The maximum absolute atomic E-state index is 11.8. The van der Waals surface area contributed by atoms with Crippen molar-refractivity contribution in [3.8, 4) is 5.75 Å². The van der Waals surface area contributed by atoms with Gasteiger partial charge in [-0.05, 0) is 50.1 Å². The monoisotopic (exact) mass is 356 g/mol. The Morgan fingerprint density at radius 3 is 2.67 bits per heavy atom. The van der Waals surface area contributed by atoms with Crippen molar-refractivity contribution in [1.29, 1.82) is 0 Å². The quantitative estimate of drug-likeness (QED) is 0.667. The van der Waals surface area contributed by atoms with Crippen LogP contribution in [0.1, 0.15) is 39.2 Å². The van der Waals surface area contributed by atoms with Crippen molar-refractivity contribution >= 4 is 21.8 Å². The molecule has 0 bridgehead atoms. The molecule has 1 aromatic rings. The molecule has 2 N–H and O–H groups in total. The molecule has 0 fully saturated rings. The zero-order valence-electron chi connectivity index (χ0n) is 13.0. The first-order valence-corrected chi connectivity index (χ1v) is 8.31. The Hall–Kier alpha value is -1.07. The zero-order chi connectivity index (χ0) is 15.7. The van der Waals surface area contributed by atoms with Crippen LogP contribution in [0.15, 0.2) is 22.7 Å². The number of carbonyl (C=O) groups excluding carboxylic acids is 1. The van der Waals surface area contributed by atoms with Crippen LogP contribution in [0.5, 0.6) is 5.75 Å². The third-order valence-electron chi connectivity index (χ3n) is 2.99. The van der Waals surface area contributed by atoms with E-state index in [9.17, 15) is 4.79 Å². The average Bonchev–Trinajstić information content (AvgIpc) is 2.48. The molecule has 0 radical (unpaired) electrons. The van der Waals surface area contributed by atoms with Crippen molar-refractivity contribution in [2.24, 2.45) is 0 Å². The fraction of sp³-hybridized carbons (Fsp3) is 0.562. The third-order valence-corrected chi connectivity index (χ3v) is 3.76. The number of hydrogen-bond acceptors (Lipinski definition) is 3. The van der Waals surface area contributed by atoms with Gasteiger partial charge in [-0.15, -0.1) is 0 Å². The number of hydrogen-bond donors (Lipinski definition) is 2. The lowest BCUT2D eigenvalue weighted by Gasteiger charge is -2.16. The second-order valence-corrected chi connectivity index (χ2v) is 5.84. The molecule has 1 unspecified atom stereocenters. The molecule has 0 saturated heterocycles. The number of ether oxygens (including phenoxy) is 1. The number of carbonyl (C=O) groups is 1. The van der Waals surface area contributed by atoms with Gasteiger partial charge in [-0.1, -0.05) is 29.8 Å². The first kappa shape index (κ1) is 18.0. The Labute approximate surface area is 135 Å². The van der Waals surface area contributed by atoms with Gasteiger partial charge in [-0.2, -0.15) is 0 Å². The van der Waals surface area contributed by atoms with Crippen LogP contribution in [0.4, 0.5) is 0 Å². The molecule has 21 heavy (non-hydrogen) atoms. The van der Waals surface area contributed by atoms with Crippen molar-refractivity contribution in [1.82, 2.24) is 10.6 Å². The minimum atomic E-state index is -0.492. The number of rotatable bonds is 9. The van der Waals surface area contributed by atoms with E-state index in [1.807, 2.05) is 25.1 Å². The lowest BCUT2D eigenvalue weighted by atomic mass is 10.2. The molecule has 0 heterocycles. The van der Waals surface area contributed by atoms with Gasteiger partial charge in [0, 0.05) is 17.6 Å². The van der Waals surface area contributed by atoms with Crippen LogP contribution in [0.25, 0.3) is 0 Å². The minimum Gasteiger partial charge on any atom is -0.481 e. The van der Waals surface area contributed by atoms with Gasteiger partial charge in [0.1, 0.15) is 5.75 Å². The molecule has 118 valence electrons. The third kappa shape index (κ3) is 6.48. The standard InChI is InChI=1S/C16H25BrN2O2/c1-4-8-18-11-13-10-14(6-7-15(13)17)21-12(3)16(20)19-9-5-2/h6-7,10,12,18H,4-5,8-9,11H2,1-3H3,(H,19,20). The highest BCUT2D eigenvalue weighted by Gasteiger charge is 2.14. The van der Waals surface area contributed by atoms with Crippen LogP contribution in [0.2, 0.25) is 0 Å². The maximum atomic E-state index is 11.8. The number of benzene rings is 1. The molecule has 1 aromatic carbocycles. The summed E-state index contributed by atoms with van der Waals surface area (Å²) in [5, 5.41) is 6.19. The Morgan fingerprint density at radius 2 is 2.00 bits per heavy atom. The van der Waals surface area contributed by atoms with E-state index in [2.05, 4.69) is 33.5 Å². The van der Waals surface area contributed by atoms with E-state index in [4.69, 9.17) is 4.74 Å². The summed E-state index contributed by atoms with van der Waals surface area (Å²) in [5.74, 6) is 0.635. The van der Waals surface area contributed by atoms with Crippen molar-refractivity contribution in [2.45, 2.75) is 46.3 Å². The first-order chi connectivity index (χ1) is 10.1. The second kappa shape index (κ2) is 9.79. The van der Waals surface area contributed by atoms with Crippen LogP contribution in [-0.2, 0) is 11.3 Å². The van der Waals surface area contributed by atoms with E-state index in [-0.39, 0.29) is 5.91 Å². The number of halogens is 1. The topological polar surface area (TPSA) is 50.4 Å². The van der Waals surface area contributed by atoms with Crippen molar-refractivity contribution in [3.63, 3.8) is 0 Å². The van der Waals surface area contributed by atoms with E-state index < -0.39 is 6.10 Å². The zero-order valence-corrected chi connectivity index (χ0v) is 14.6. The van der Waals surface area contributed by atoms with Gasteiger partial charge in [0.2, 0.25) is 0 Å². The van der Waals surface area contributed by atoms with Gasteiger partial charge in [0.05, 0.1) is 0 Å². The molecule has 0 aliphatic carbocycles. The SMILES string of the molecule is CCCNCc1cc(OC(C)C(=O)NCCC)ccc1Br. The maximum Gasteiger partial charge on any atom is 0.260 e. The van der Waals surface area contributed by atoms with E-state index in [0.29, 0.717) is 12.3 Å². The predicted molar refractivity (Wildman–Crippen MR) is 89.5 cm³/mol. The molecule has 0 saturated carbocycles. The molecule has 0 aromatic heterocycles. The van der Waals surface area contributed by atoms with Crippen LogP contribution in [-0.4, -0.2) is 25.1 Å². The van der Waals surface area contributed by atoms with E-state index in [1.165, 1.54) is 0 Å². The predicted octanol–water partition coefficient (Wildman–Crippen LogP) is 3.24. The Bertz CT molecular complexity index is 452. The highest BCUT2D eigenvalue weighted by atomic mass is 79.9. The number of amides is 1. The number of nitrogens with one attached hydrogen (secondary N) is 2. The Morgan fingerprint density at radius 1 is 1.29 bits per heavy atom. The highest BCUT2D eigenvalue weighted by Crippen LogP contribution is 2.23. The van der Waals surface area contributed by atoms with E-state index >= 15 is 0 Å². The summed E-state index contributed by atoms with van der Waals surface area (Å²) in [6.45, 7) is 8.37. The summed E-state index contributed by atoms with van der Waals surface area (Å²) in [6, 6.07) is 5.79. The summed E-state index contributed by atoms with van der Waals surface area (Å²) >= 11 is 3.54. The van der Waals surface area contributed by atoms with Crippen molar-refractivity contribution < 1.29 is 9.53 Å². The van der Waals surface area contributed by atoms with Gasteiger partial charge in [0.15, 0.2) is 6.10 Å². The smallest absolute Gasteiger partial charge is 0.260 e. The van der Waals surface area contributed by atoms with Crippen LogP contribution >= 0.6 is 15.9 Å². The van der Waals surface area contributed by atoms with Crippen LogP contribution < -0.4 is 15.4 Å². The van der Waals surface area contributed by atoms with Gasteiger partial charge in [-0.25, -0.2) is 0 Å². The first-order valence-electron chi connectivity index (χ1n) is 7.52. The van der Waals surface area contributed by atoms with Gasteiger partial charge in [-0.3, -0.25) is 4.79 Å². The van der Waals surface area contributed by atoms with Crippen molar-refractivity contribution in [2.75, 3.05) is 13.1 Å². The second-order valence-electron chi connectivity index (χ2n) is 4.98. The summed E-state index contributed by atoms with van der Waals surface area (Å²) in [4.78, 5) is 11.8. The minimum absolute atomic E-state index is 0.0783. The average molecular weight is 357 g/mol. The van der Waals surface area contributed by atoms with E-state index in [0.717, 1.165) is 36.0 Å². The largest absolute Gasteiger partial charge is 0.481 e. The molecule has 1 amide bonds. The molecule has 0 aliphatic rings. The highest BCUT2D eigenvalue weighted by molar-refractivity contribution is 9.10. The summed E-state index contributed by atoms with van der Waals surface area (Å²) in [6.07, 6.45) is 1.53. The lowest BCUT2D eigenvalue weighted by Crippen LogP contribution is -2.36. The molecule has 0 aliphatic heterocycles. The van der Waals surface area contributed by atoms with Crippen LogP contribution in [0, 0.1) is 0 Å². The van der Waals surface area contributed by atoms with E-state index in [1.54, 1.807) is 6.92 Å². The molecule has 1 rings (SSSR count). The summed E-state index contributed by atoms with van der Waals surface area (Å²) in [5.41, 5.74) is 1.13.